The van der Waals surface area contributed by atoms with Crippen LogP contribution in [0.5, 0.6) is 5.75 Å². The maximum atomic E-state index is 13.3. The number of hydrogen-bond acceptors (Lipinski definition) is 4. The Hall–Kier alpha value is -2.34. The van der Waals surface area contributed by atoms with Crippen molar-refractivity contribution < 1.29 is 14.3 Å². The van der Waals surface area contributed by atoms with Crippen molar-refractivity contribution in [2.75, 3.05) is 20.2 Å². The zero-order valence-electron chi connectivity index (χ0n) is 16.9. The van der Waals surface area contributed by atoms with E-state index >= 15 is 0 Å². The first-order valence-corrected chi connectivity index (χ1v) is 11.2. The summed E-state index contributed by atoms with van der Waals surface area (Å²) in [7, 11) is 1.64. The molecule has 29 heavy (non-hydrogen) atoms. The Morgan fingerprint density at radius 3 is 2.69 bits per heavy atom. The topological polar surface area (TPSA) is 58.6 Å². The van der Waals surface area contributed by atoms with Gasteiger partial charge >= 0.3 is 0 Å². The number of benzene rings is 1. The lowest BCUT2D eigenvalue weighted by Gasteiger charge is -2.37. The summed E-state index contributed by atoms with van der Waals surface area (Å²) in [6.45, 7) is 1.64. The first-order chi connectivity index (χ1) is 14.1. The predicted octanol–water partition coefficient (Wildman–Crippen LogP) is 4.10. The second-order valence-electron chi connectivity index (χ2n) is 8.17. The number of hydrogen-bond donors (Lipinski definition) is 1. The van der Waals surface area contributed by atoms with Crippen LogP contribution in [0, 0.1) is 11.3 Å². The molecule has 1 spiro atoms. The Bertz CT molecular complexity index is 859. The monoisotopic (exact) mass is 412 g/mol. The minimum atomic E-state index is -0.151. The van der Waals surface area contributed by atoms with Gasteiger partial charge in [0.1, 0.15) is 5.75 Å². The average molecular weight is 413 g/mol. The average Bonchev–Trinajstić information content (AvgIpc) is 3.41. The SMILES string of the molecule is COc1ccccc1CNC(=O)[C@@H]1CN(C(=O)c2cccs2)CC12CCCCC2. The summed E-state index contributed by atoms with van der Waals surface area (Å²) in [6.07, 6.45) is 5.53. The van der Waals surface area contributed by atoms with Crippen LogP contribution in [0.3, 0.4) is 0 Å². The molecule has 1 atom stereocenters. The third-order valence-electron chi connectivity index (χ3n) is 6.48. The first-order valence-electron chi connectivity index (χ1n) is 10.4. The Morgan fingerprint density at radius 1 is 1.17 bits per heavy atom. The third kappa shape index (κ3) is 4.04. The maximum Gasteiger partial charge on any atom is 0.263 e. The Balaban J connectivity index is 1.50. The van der Waals surface area contributed by atoms with E-state index in [1.54, 1.807) is 7.11 Å². The number of thiophene rings is 1. The fourth-order valence-electron chi connectivity index (χ4n) is 4.96. The van der Waals surface area contributed by atoms with Gasteiger partial charge in [0.25, 0.3) is 5.91 Å². The number of likely N-dealkylation sites (tertiary alicyclic amines) is 1. The van der Waals surface area contributed by atoms with Crippen LogP contribution in [0.4, 0.5) is 0 Å². The fourth-order valence-corrected chi connectivity index (χ4v) is 5.65. The van der Waals surface area contributed by atoms with Gasteiger partial charge in [0.2, 0.25) is 5.91 Å². The predicted molar refractivity (Wildman–Crippen MR) is 114 cm³/mol. The molecule has 2 aromatic rings. The van der Waals surface area contributed by atoms with Gasteiger partial charge < -0.3 is 15.0 Å². The van der Waals surface area contributed by atoms with E-state index in [-0.39, 0.29) is 23.1 Å². The molecule has 2 heterocycles. The van der Waals surface area contributed by atoms with Crippen LogP contribution in [-0.4, -0.2) is 36.9 Å². The second kappa shape index (κ2) is 8.57. The summed E-state index contributed by atoms with van der Waals surface area (Å²) < 4.78 is 5.40. The molecule has 2 aliphatic rings. The lowest BCUT2D eigenvalue weighted by atomic mass is 9.67. The summed E-state index contributed by atoms with van der Waals surface area (Å²) in [5.41, 5.74) is 0.876. The van der Waals surface area contributed by atoms with E-state index in [1.807, 2.05) is 46.7 Å². The van der Waals surface area contributed by atoms with Crippen molar-refractivity contribution in [2.45, 2.75) is 38.6 Å². The zero-order chi connectivity index (χ0) is 20.3. The molecule has 1 saturated carbocycles. The second-order valence-corrected chi connectivity index (χ2v) is 9.12. The maximum absolute atomic E-state index is 13.3. The van der Waals surface area contributed by atoms with Gasteiger partial charge in [0, 0.05) is 30.6 Å². The lowest BCUT2D eigenvalue weighted by Crippen LogP contribution is -2.42. The van der Waals surface area contributed by atoms with Crippen molar-refractivity contribution in [1.29, 1.82) is 0 Å². The van der Waals surface area contributed by atoms with E-state index in [4.69, 9.17) is 4.74 Å². The van der Waals surface area contributed by atoms with E-state index in [0.29, 0.717) is 19.6 Å². The number of methoxy groups -OCH3 is 1. The van der Waals surface area contributed by atoms with Crippen molar-refractivity contribution in [1.82, 2.24) is 10.2 Å². The number of carbonyl (C=O) groups is 2. The highest BCUT2D eigenvalue weighted by Crippen LogP contribution is 2.48. The van der Waals surface area contributed by atoms with Gasteiger partial charge in [-0.1, -0.05) is 43.5 Å². The molecule has 1 aromatic carbocycles. The normalized spacial score (nSPS) is 20.6. The fraction of sp³-hybridized carbons (Fsp3) is 0.478. The number of ether oxygens (including phenoxy) is 1. The molecule has 0 radical (unpaired) electrons. The smallest absolute Gasteiger partial charge is 0.263 e. The molecule has 5 nitrogen and oxygen atoms in total. The number of carbonyl (C=O) groups excluding carboxylic acids is 2. The van der Waals surface area contributed by atoms with Gasteiger partial charge in [0.05, 0.1) is 17.9 Å². The van der Waals surface area contributed by atoms with E-state index in [1.165, 1.54) is 17.8 Å². The van der Waals surface area contributed by atoms with Crippen molar-refractivity contribution in [3.05, 3.63) is 52.2 Å². The van der Waals surface area contributed by atoms with Gasteiger partial charge in [-0.15, -0.1) is 11.3 Å². The summed E-state index contributed by atoms with van der Waals surface area (Å²) in [6, 6.07) is 11.5. The Labute approximate surface area is 176 Å². The first kappa shape index (κ1) is 20.0. The van der Waals surface area contributed by atoms with Crippen LogP contribution in [0.15, 0.2) is 41.8 Å². The van der Waals surface area contributed by atoms with Gasteiger partial charge in [0.15, 0.2) is 0 Å². The standard InChI is InChI=1S/C23H28N2O3S/c1-28-19-9-4-3-8-17(19)14-24-21(26)18-15-25(22(27)20-10-7-13-29-20)16-23(18)11-5-2-6-12-23/h3-4,7-10,13,18H,2,5-6,11-12,14-16H2,1H3,(H,24,26)/t18-/m0/s1. The molecule has 2 amide bonds. The molecular weight excluding hydrogens is 384 g/mol. The van der Waals surface area contributed by atoms with E-state index in [9.17, 15) is 9.59 Å². The molecule has 1 saturated heterocycles. The molecule has 154 valence electrons. The van der Waals surface area contributed by atoms with Crippen LogP contribution in [0.2, 0.25) is 0 Å². The van der Waals surface area contributed by atoms with Gasteiger partial charge in [-0.25, -0.2) is 0 Å². The van der Waals surface area contributed by atoms with Gasteiger partial charge in [-0.2, -0.15) is 0 Å². The van der Waals surface area contributed by atoms with Gasteiger partial charge in [-0.05, 0) is 30.4 Å². The van der Waals surface area contributed by atoms with Crippen LogP contribution >= 0.6 is 11.3 Å². The number of amides is 2. The molecule has 4 rings (SSSR count). The van der Waals surface area contributed by atoms with E-state index in [0.717, 1.165) is 41.9 Å². The number of nitrogens with one attached hydrogen (secondary N) is 1. The minimum absolute atomic E-state index is 0.0549. The molecule has 1 N–H and O–H groups in total. The largest absolute Gasteiger partial charge is 0.496 e. The molecule has 2 fully saturated rings. The molecule has 0 unspecified atom stereocenters. The third-order valence-corrected chi connectivity index (χ3v) is 7.34. The quantitative estimate of drug-likeness (QED) is 0.805. The minimum Gasteiger partial charge on any atom is -0.496 e. The molecule has 1 aliphatic carbocycles. The highest BCUT2D eigenvalue weighted by molar-refractivity contribution is 7.12. The van der Waals surface area contributed by atoms with E-state index < -0.39 is 0 Å². The zero-order valence-corrected chi connectivity index (χ0v) is 17.7. The summed E-state index contributed by atoms with van der Waals surface area (Å²) in [5.74, 6) is 0.742. The van der Waals surface area contributed by atoms with Crippen molar-refractivity contribution in [2.24, 2.45) is 11.3 Å². The highest BCUT2D eigenvalue weighted by Gasteiger charge is 2.51. The Morgan fingerprint density at radius 2 is 1.97 bits per heavy atom. The van der Waals surface area contributed by atoms with Crippen LogP contribution < -0.4 is 10.1 Å². The van der Waals surface area contributed by atoms with Crippen molar-refractivity contribution in [3.63, 3.8) is 0 Å². The number of para-hydroxylation sites is 1. The highest BCUT2D eigenvalue weighted by atomic mass is 32.1. The summed E-state index contributed by atoms with van der Waals surface area (Å²) in [4.78, 5) is 28.9. The Kier molecular flexibility index (Phi) is 5.90. The van der Waals surface area contributed by atoms with Crippen molar-refractivity contribution >= 4 is 23.2 Å². The molecule has 1 aliphatic heterocycles. The van der Waals surface area contributed by atoms with Gasteiger partial charge in [-0.3, -0.25) is 9.59 Å². The van der Waals surface area contributed by atoms with Crippen LogP contribution in [0.25, 0.3) is 0 Å². The summed E-state index contributed by atoms with van der Waals surface area (Å²) in [5, 5.41) is 5.05. The number of rotatable bonds is 5. The number of nitrogens with zero attached hydrogens (tertiary/aromatic N) is 1. The summed E-state index contributed by atoms with van der Waals surface area (Å²) >= 11 is 1.47. The van der Waals surface area contributed by atoms with Crippen LogP contribution in [-0.2, 0) is 11.3 Å². The van der Waals surface area contributed by atoms with E-state index in [2.05, 4.69) is 5.32 Å². The van der Waals surface area contributed by atoms with Crippen LogP contribution in [0.1, 0.15) is 47.3 Å². The molecule has 0 bridgehead atoms. The molecular formula is C23H28N2O3S. The molecule has 1 aromatic heterocycles. The molecule has 6 heteroatoms. The van der Waals surface area contributed by atoms with Crippen molar-refractivity contribution in [3.8, 4) is 5.75 Å². The lowest BCUT2D eigenvalue weighted by molar-refractivity contribution is -0.128.